The van der Waals surface area contributed by atoms with Gasteiger partial charge in [-0.1, -0.05) is 12.1 Å². The number of carbonyl (C=O) groups excluding carboxylic acids is 1. The molecule has 166 valence electrons. The Kier molecular flexibility index (Phi) is 5.57. The second-order valence-corrected chi connectivity index (χ2v) is 7.50. The Labute approximate surface area is 175 Å². The van der Waals surface area contributed by atoms with Crippen molar-refractivity contribution in [1.82, 2.24) is 18.7 Å². The average molecular weight is 435 g/mol. The van der Waals surface area contributed by atoms with Crippen LogP contribution >= 0.6 is 0 Å². The van der Waals surface area contributed by atoms with E-state index in [4.69, 9.17) is 4.74 Å². The summed E-state index contributed by atoms with van der Waals surface area (Å²) in [5, 5.41) is 2.65. The molecule has 0 fully saturated rings. The number of aromatic nitrogens is 4. The number of anilines is 1. The van der Waals surface area contributed by atoms with Gasteiger partial charge in [0.1, 0.15) is 6.54 Å². The third-order valence-electron chi connectivity index (χ3n) is 5.50. The number of amides is 1. The Morgan fingerprint density at radius 1 is 1.13 bits per heavy atom. The summed E-state index contributed by atoms with van der Waals surface area (Å²) in [6, 6.07) is 5.89. The van der Waals surface area contributed by atoms with Crippen LogP contribution in [0.4, 0.5) is 14.5 Å². The molecule has 3 rings (SSSR count). The summed E-state index contributed by atoms with van der Waals surface area (Å²) in [6.07, 6.45) is 1.31. The first-order valence-corrected chi connectivity index (χ1v) is 9.35. The van der Waals surface area contributed by atoms with Gasteiger partial charge in [0.2, 0.25) is 5.91 Å². The van der Waals surface area contributed by atoms with Crippen LogP contribution in [0.15, 0.2) is 40.2 Å². The zero-order chi connectivity index (χ0) is 23.1. The lowest BCUT2D eigenvalue weighted by molar-refractivity contribution is -0.182. The van der Waals surface area contributed by atoms with Gasteiger partial charge in [0.25, 0.3) is 11.5 Å². The van der Waals surface area contributed by atoms with Crippen LogP contribution in [-0.4, -0.2) is 37.6 Å². The van der Waals surface area contributed by atoms with Gasteiger partial charge >= 0.3 is 5.69 Å². The molecule has 31 heavy (non-hydrogen) atoms. The minimum Gasteiger partial charge on any atom is -0.368 e. The number of fused-ring (bicyclic) bond motifs is 1. The molecule has 0 saturated carbocycles. The molecule has 2 aromatic heterocycles. The Bertz CT molecular complexity index is 1250. The standard InChI is InChI=1S/C20H23F2N5O4/c1-19(31-5,20(2,21)22)12-6-8-13(9-7-12)24-14(28)10-27-11-23-16-15(27)17(29)26(4)18(30)25(16)3/h6-9,11H,10H2,1-5H3,(H,24,28). The molecule has 0 aliphatic rings. The second kappa shape index (κ2) is 7.73. The predicted octanol–water partition coefficient (Wildman–Crippen LogP) is 1.59. The number of nitrogens with one attached hydrogen (secondary N) is 1. The Balaban J connectivity index is 1.83. The molecule has 0 saturated heterocycles. The number of methoxy groups -OCH3 is 1. The predicted molar refractivity (Wildman–Crippen MR) is 110 cm³/mol. The van der Waals surface area contributed by atoms with Crippen molar-refractivity contribution >= 4 is 22.8 Å². The molecule has 0 aliphatic heterocycles. The lowest BCUT2D eigenvalue weighted by Crippen LogP contribution is -2.42. The van der Waals surface area contributed by atoms with Crippen LogP contribution in [0.25, 0.3) is 11.2 Å². The number of aryl methyl sites for hydroxylation is 1. The van der Waals surface area contributed by atoms with Gasteiger partial charge in [-0.15, -0.1) is 0 Å². The summed E-state index contributed by atoms with van der Waals surface area (Å²) in [5.41, 5.74) is -1.97. The molecule has 0 radical (unpaired) electrons. The summed E-state index contributed by atoms with van der Waals surface area (Å²) >= 11 is 0. The molecule has 1 aromatic carbocycles. The summed E-state index contributed by atoms with van der Waals surface area (Å²) in [4.78, 5) is 41.0. The zero-order valence-corrected chi connectivity index (χ0v) is 17.8. The van der Waals surface area contributed by atoms with E-state index in [0.29, 0.717) is 5.69 Å². The highest BCUT2D eigenvalue weighted by Crippen LogP contribution is 2.40. The van der Waals surface area contributed by atoms with Crippen LogP contribution < -0.4 is 16.6 Å². The fourth-order valence-electron chi connectivity index (χ4n) is 3.29. The van der Waals surface area contributed by atoms with E-state index >= 15 is 0 Å². The Hall–Kier alpha value is -3.34. The van der Waals surface area contributed by atoms with E-state index in [9.17, 15) is 23.2 Å². The van der Waals surface area contributed by atoms with Crippen molar-refractivity contribution in [2.24, 2.45) is 14.1 Å². The molecule has 3 aromatic rings. The normalized spacial score (nSPS) is 13.9. The average Bonchev–Trinajstić information content (AvgIpc) is 3.13. The van der Waals surface area contributed by atoms with Crippen LogP contribution in [-0.2, 0) is 35.8 Å². The Morgan fingerprint density at radius 3 is 2.29 bits per heavy atom. The first kappa shape index (κ1) is 22.3. The smallest absolute Gasteiger partial charge is 0.332 e. The maximum absolute atomic E-state index is 14.0. The first-order chi connectivity index (χ1) is 14.4. The highest BCUT2D eigenvalue weighted by molar-refractivity contribution is 5.91. The molecular formula is C20H23F2N5O4. The first-order valence-electron chi connectivity index (χ1n) is 9.35. The number of nitrogens with zero attached hydrogens (tertiary/aromatic N) is 4. The third kappa shape index (κ3) is 3.76. The summed E-state index contributed by atoms with van der Waals surface area (Å²) in [5.74, 6) is -3.58. The van der Waals surface area contributed by atoms with Crippen molar-refractivity contribution in [3.63, 3.8) is 0 Å². The second-order valence-electron chi connectivity index (χ2n) is 7.50. The van der Waals surface area contributed by atoms with Gasteiger partial charge in [-0.2, -0.15) is 0 Å². The number of ether oxygens (including phenoxy) is 1. The fourth-order valence-corrected chi connectivity index (χ4v) is 3.29. The topological polar surface area (TPSA) is 100 Å². The van der Waals surface area contributed by atoms with E-state index in [1.165, 1.54) is 67.9 Å². The number of imidazole rings is 1. The maximum Gasteiger partial charge on any atom is 0.332 e. The van der Waals surface area contributed by atoms with Crippen molar-refractivity contribution < 1.29 is 18.3 Å². The number of rotatable bonds is 6. The summed E-state index contributed by atoms with van der Waals surface area (Å²) < 4.78 is 36.5. The molecule has 0 bridgehead atoms. The molecule has 1 amide bonds. The minimum absolute atomic E-state index is 0.121. The quantitative estimate of drug-likeness (QED) is 0.634. The van der Waals surface area contributed by atoms with Crippen LogP contribution in [0.1, 0.15) is 19.4 Å². The van der Waals surface area contributed by atoms with Gasteiger partial charge < -0.3 is 14.6 Å². The van der Waals surface area contributed by atoms with Crippen molar-refractivity contribution in [1.29, 1.82) is 0 Å². The van der Waals surface area contributed by atoms with E-state index in [-0.39, 0.29) is 23.3 Å². The molecule has 0 spiro atoms. The molecule has 1 atom stereocenters. The summed E-state index contributed by atoms with van der Waals surface area (Å²) in [6.45, 7) is 1.84. The van der Waals surface area contributed by atoms with Crippen molar-refractivity contribution in [2.45, 2.75) is 31.9 Å². The highest BCUT2D eigenvalue weighted by Gasteiger charge is 2.47. The van der Waals surface area contributed by atoms with E-state index < -0.39 is 28.7 Å². The molecule has 9 nitrogen and oxygen atoms in total. The van der Waals surface area contributed by atoms with E-state index in [1.54, 1.807) is 0 Å². The molecule has 1 unspecified atom stereocenters. The van der Waals surface area contributed by atoms with Crippen LogP contribution in [0, 0.1) is 0 Å². The van der Waals surface area contributed by atoms with E-state index in [2.05, 4.69) is 10.3 Å². The molecule has 2 heterocycles. The largest absolute Gasteiger partial charge is 0.368 e. The summed E-state index contributed by atoms with van der Waals surface area (Å²) in [7, 11) is 4.04. The van der Waals surface area contributed by atoms with Gasteiger partial charge in [0, 0.05) is 33.8 Å². The van der Waals surface area contributed by atoms with Crippen LogP contribution in [0.2, 0.25) is 0 Å². The number of alkyl halides is 2. The van der Waals surface area contributed by atoms with E-state index in [1.807, 2.05) is 0 Å². The SMILES string of the molecule is COC(C)(c1ccc(NC(=O)Cn2cnc3c2c(=O)n(C)c(=O)n3C)cc1)C(C)(F)F. The van der Waals surface area contributed by atoms with Crippen molar-refractivity contribution in [3.05, 3.63) is 57.0 Å². The molecular weight excluding hydrogens is 412 g/mol. The Morgan fingerprint density at radius 2 is 1.74 bits per heavy atom. The number of carbonyl (C=O) groups is 1. The maximum atomic E-state index is 14.0. The van der Waals surface area contributed by atoms with Crippen LogP contribution in [0.3, 0.4) is 0 Å². The molecule has 0 aliphatic carbocycles. The lowest BCUT2D eigenvalue weighted by Gasteiger charge is -2.34. The van der Waals surface area contributed by atoms with Gasteiger partial charge in [0.05, 0.1) is 6.33 Å². The van der Waals surface area contributed by atoms with Gasteiger partial charge in [-0.25, -0.2) is 18.6 Å². The lowest BCUT2D eigenvalue weighted by atomic mass is 9.89. The minimum atomic E-state index is -3.12. The number of hydrogen-bond donors (Lipinski definition) is 1. The van der Waals surface area contributed by atoms with Crippen LogP contribution in [0.5, 0.6) is 0 Å². The third-order valence-corrected chi connectivity index (χ3v) is 5.50. The molecule has 1 N–H and O–H groups in total. The van der Waals surface area contributed by atoms with Gasteiger partial charge in [-0.3, -0.25) is 18.7 Å². The number of hydrogen-bond acceptors (Lipinski definition) is 5. The zero-order valence-electron chi connectivity index (χ0n) is 17.8. The number of benzene rings is 1. The van der Waals surface area contributed by atoms with Gasteiger partial charge in [0.15, 0.2) is 16.8 Å². The highest BCUT2D eigenvalue weighted by atomic mass is 19.3. The fraction of sp³-hybridized carbons (Fsp3) is 0.400. The number of halogens is 2. The van der Waals surface area contributed by atoms with Gasteiger partial charge in [-0.05, 0) is 24.6 Å². The van der Waals surface area contributed by atoms with Crippen molar-refractivity contribution in [2.75, 3.05) is 12.4 Å². The molecule has 11 heteroatoms. The van der Waals surface area contributed by atoms with E-state index in [0.717, 1.165) is 11.5 Å². The van der Waals surface area contributed by atoms with Crippen molar-refractivity contribution in [3.8, 4) is 0 Å². The monoisotopic (exact) mass is 435 g/mol.